The number of carbonyl (C=O) groups excluding carboxylic acids is 1. The van der Waals surface area contributed by atoms with Gasteiger partial charge in [0.25, 0.3) is 0 Å². The Morgan fingerprint density at radius 3 is 2.80 bits per heavy atom. The Bertz CT molecular complexity index is 413. The van der Waals surface area contributed by atoms with Crippen LogP contribution >= 0.6 is 0 Å². The number of benzene rings is 1. The van der Waals surface area contributed by atoms with E-state index in [1.54, 1.807) is 12.1 Å². The molecule has 4 heteroatoms. The zero-order valence-corrected chi connectivity index (χ0v) is 11.7. The maximum Gasteiger partial charge on any atom is 0.220 e. The van der Waals surface area contributed by atoms with Gasteiger partial charge in [-0.1, -0.05) is 12.1 Å². The van der Waals surface area contributed by atoms with Gasteiger partial charge < -0.3 is 10.1 Å². The summed E-state index contributed by atoms with van der Waals surface area (Å²) in [6.45, 7) is 1.52. The number of carbonyl (C=O) groups is 1. The van der Waals surface area contributed by atoms with Crippen LogP contribution in [0, 0.1) is 5.82 Å². The maximum atomic E-state index is 12.7. The molecule has 1 heterocycles. The van der Waals surface area contributed by atoms with Crippen molar-refractivity contribution in [3.63, 3.8) is 0 Å². The minimum absolute atomic E-state index is 0.0464. The van der Waals surface area contributed by atoms with Crippen LogP contribution in [0.4, 0.5) is 4.39 Å². The van der Waals surface area contributed by atoms with Crippen molar-refractivity contribution in [3.8, 4) is 0 Å². The van der Waals surface area contributed by atoms with Crippen molar-refractivity contribution in [2.75, 3.05) is 13.2 Å². The van der Waals surface area contributed by atoms with E-state index in [1.807, 2.05) is 0 Å². The molecule has 110 valence electrons. The third-order valence-electron chi connectivity index (χ3n) is 3.62. The van der Waals surface area contributed by atoms with Gasteiger partial charge in [-0.3, -0.25) is 4.79 Å². The van der Waals surface area contributed by atoms with Crippen LogP contribution in [0.15, 0.2) is 24.3 Å². The highest BCUT2D eigenvalue weighted by Gasteiger charge is 2.13. The Morgan fingerprint density at radius 1 is 1.30 bits per heavy atom. The Kier molecular flexibility index (Phi) is 5.99. The molecule has 1 aliphatic heterocycles. The largest absolute Gasteiger partial charge is 0.378 e. The van der Waals surface area contributed by atoms with E-state index < -0.39 is 0 Å². The molecule has 1 amide bonds. The van der Waals surface area contributed by atoms with E-state index in [4.69, 9.17) is 4.74 Å². The molecule has 0 radical (unpaired) electrons. The molecule has 0 unspecified atom stereocenters. The van der Waals surface area contributed by atoms with E-state index in [-0.39, 0.29) is 11.7 Å². The van der Waals surface area contributed by atoms with Gasteiger partial charge in [0.05, 0.1) is 6.10 Å². The van der Waals surface area contributed by atoms with Crippen LogP contribution in [0.1, 0.15) is 37.7 Å². The number of ether oxygens (including phenoxy) is 1. The highest BCUT2D eigenvalue weighted by molar-refractivity contribution is 5.76. The van der Waals surface area contributed by atoms with Gasteiger partial charge in [-0.05, 0) is 49.8 Å². The third-order valence-corrected chi connectivity index (χ3v) is 3.62. The van der Waals surface area contributed by atoms with Gasteiger partial charge in [0.15, 0.2) is 0 Å². The van der Waals surface area contributed by atoms with E-state index in [0.29, 0.717) is 25.5 Å². The lowest BCUT2D eigenvalue weighted by Gasteiger charge is -2.22. The van der Waals surface area contributed by atoms with Crippen LogP contribution in [0.5, 0.6) is 0 Å². The zero-order chi connectivity index (χ0) is 14.2. The van der Waals surface area contributed by atoms with Crippen molar-refractivity contribution in [2.24, 2.45) is 0 Å². The van der Waals surface area contributed by atoms with Crippen LogP contribution in [0.2, 0.25) is 0 Å². The Labute approximate surface area is 119 Å². The standard InChI is InChI=1S/C16H22FNO2/c17-14-7-4-13(5-8-14)6-9-16(19)18-11-10-15-3-1-2-12-20-15/h4-5,7-8,15H,1-3,6,9-12H2,(H,18,19)/t15-/m0/s1. The van der Waals surface area contributed by atoms with Crippen LogP contribution in [-0.2, 0) is 16.0 Å². The molecule has 0 aliphatic carbocycles. The Hall–Kier alpha value is -1.42. The normalized spacial score (nSPS) is 18.8. The number of aryl methyl sites for hydroxylation is 1. The smallest absolute Gasteiger partial charge is 0.220 e. The minimum Gasteiger partial charge on any atom is -0.378 e. The summed E-state index contributed by atoms with van der Waals surface area (Å²) in [6, 6.07) is 6.29. The predicted molar refractivity (Wildman–Crippen MR) is 75.9 cm³/mol. The van der Waals surface area contributed by atoms with E-state index >= 15 is 0 Å². The second kappa shape index (κ2) is 8.00. The summed E-state index contributed by atoms with van der Waals surface area (Å²) in [4.78, 5) is 11.7. The summed E-state index contributed by atoms with van der Waals surface area (Å²) in [5.41, 5.74) is 0.983. The molecule has 1 saturated heterocycles. The molecule has 2 rings (SSSR count). The van der Waals surface area contributed by atoms with Gasteiger partial charge in [-0.15, -0.1) is 0 Å². The highest BCUT2D eigenvalue weighted by atomic mass is 19.1. The summed E-state index contributed by atoms with van der Waals surface area (Å²) in [7, 11) is 0. The molecule has 0 aromatic heterocycles. The molecule has 1 N–H and O–H groups in total. The first-order valence-electron chi connectivity index (χ1n) is 7.37. The molecule has 1 atom stereocenters. The molecule has 1 aliphatic rings. The van der Waals surface area contributed by atoms with E-state index in [9.17, 15) is 9.18 Å². The monoisotopic (exact) mass is 279 g/mol. The van der Waals surface area contributed by atoms with Gasteiger partial charge in [0, 0.05) is 19.6 Å². The number of nitrogens with one attached hydrogen (secondary N) is 1. The second-order valence-electron chi connectivity index (χ2n) is 5.25. The lowest BCUT2D eigenvalue weighted by atomic mass is 10.1. The fraction of sp³-hybridized carbons (Fsp3) is 0.562. The number of halogens is 1. The van der Waals surface area contributed by atoms with E-state index in [2.05, 4.69) is 5.32 Å². The number of amides is 1. The molecule has 1 aromatic rings. The first kappa shape index (κ1) is 15.0. The van der Waals surface area contributed by atoms with Crippen LogP contribution in [-0.4, -0.2) is 25.2 Å². The number of hydrogen-bond acceptors (Lipinski definition) is 2. The molecule has 0 bridgehead atoms. The Morgan fingerprint density at radius 2 is 2.10 bits per heavy atom. The summed E-state index contributed by atoms with van der Waals surface area (Å²) < 4.78 is 18.4. The third kappa shape index (κ3) is 5.29. The summed E-state index contributed by atoms with van der Waals surface area (Å²) in [5.74, 6) is -0.198. The summed E-state index contributed by atoms with van der Waals surface area (Å²) in [6.07, 6.45) is 5.77. The second-order valence-corrected chi connectivity index (χ2v) is 5.25. The maximum absolute atomic E-state index is 12.7. The topological polar surface area (TPSA) is 38.3 Å². The van der Waals surface area contributed by atoms with E-state index in [1.165, 1.54) is 18.6 Å². The van der Waals surface area contributed by atoms with Gasteiger partial charge in [0.2, 0.25) is 5.91 Å². The molecule has 0 saturated carbocycles. The average Bonchev–Trinajstić information content (AvgIpc) is 2.48. The average molecular weight is 279 g/mol. The van der Waals surface area contributed by atoms with E-state index in [0.717, 1.165) is 31.4 Å². The first-order valence-corrected chi connectivity index (χ1v) is 7.37. The fourth-order valence-corrected chi connectivity index (χ4v) is 2.40. The van der Waals surface area contributed by atoms with Gasteiger partial charge in [-0.25, -0.2) is 4.39 Å². The molecule has 3 nitrogen and oxygen atoms in total. The molecule has 1 fully saturated rings. The van der Waals surface area contributed by atoms with Crippen LogP contribution in [0.25, 0.3) is 0 Å². The van der Waals surface area contributed by atoms with Crippen molar-refractivity contribution < 1.29 is 13.9 Å². The van der Waals surface area contributed by atoms with Crippen molar-refractivity contribution in [2.45, 2.75) is 44.6 Å². The van der Waals surface area contributed by atoms with Crippen molar-refractivity contribution >= 4 is 5.91 Å². The molecule has 1 aromatic carbocycles. The lowest BCUT2D eigenvalue weighted by Crippen LogP contribution is -2.29. The van der Waals surface area contributed by atoms with Crippen LogP contribution in [0.3, 0.4) is 0 Å². The quantitative estimate of drug-likeness (QED) is 0.869. The summed E-state index contributed by atoms with van der Waals surface area (Å²) in [5, 5.41) is 2.92. The SMILES string of the molecule is O=C(CCc1ccc(F)cc1)NCC[C@@H]1CCCCO1. The molecule has 0 spiro atoms. The van der Waals surface area contributed by atoms with Gasteiger partial charge in [-0.2, -0.15) is 0 Å². The van der Waals surface area contributed by atoms with Crippen molar-refractivity contribution in [3.05, 3.63) is 35.6 Å². The lowest BCUT2D eigenvalue weighted by molar-refractivity contribution is -0.121. The zero-order valence-electron chi connectivity index (χ0n) is 11.7. The number of hydrogen-bond donors (Lipinski definition) is 1. The molecular formula is C16H22FNO2. The highest BCUT2D eigenvalue weighted by Crippen LogP contribution is 2.14. The molecule has 20 heavy (non-hydrogen) atoms. The van der Waals surface area contributed by atoms with Gasteiger partial charge in [0.1, 0.15) is 5.82 Å². The molecular weight excluding hydrogens is 257 g/mol. The summed E-state index contributed by atoms with van der Waals surface area (Å²) >= 11 is 0. The van der Waals surface area contributed by atoms with Gasteiger partial charge >= 0.3 is 0 Å². The Balaban J connectivity index is 1.59. The van der Waals surface area contributed by atoms with Crippen molar-refractivity contribution in [1.29, 1.82) is 0 Å². The predicted octanol–water partition coefficient (Wildman–Crippen LogP) is 2.83. The number of rotatable bonds is 6. The first-order chi connectivity index (χ1) is 9.74. The van der Waals surface area contributed by atoms with Crippen LogP contribution < -0.4 is 5.32 Å². The fourth-order valence-electron chi connectivity index (χ4n) is 2.40. The minimum atomic E-state index is -0.245. The van der Waals surface area contributed by atoms with Crippen molar-refractivity contribution in [1.82, 2.24) is 5.32 Å².